The predicted molar refractivity (Wildman–Crippen MR) is 68.2 cm³/mol. The van der Waals surface area contributed by atoms with Gasteiger partial charge < -0.3 is 10.1 Å². The van der Waals surface area contributed by atoms with Crippen LogP contribution < -0.4 is 5.56 Å². The molecule has 0 atom stereocenters. The smallest absolute Gasteiger partial charge is 0.356 e. The number of aromatic nitrogens is 3. The number of rotatable bonds is 2. The first-order valence-corrected chi connectivity index (χ1v) is 5.57. The monoisotopic (exact) mass is 255 g/mol. The molecule has 0 unspecified atom stereocenters. The highest BCUT2D eigenvalue weighted by molar-refractivity contribution is 5.86. The number of aromatic amines is 1. The van der Waals surface area contributed by atoms with Crippen LogP contribution in [-0.4, -0.2) is 25.7 Å². The Kier molecular flexibility index (Phi) is 2.42. The molecular formula is C13H9N3O3. The first-order chi connectivity index (χ1) is 9.15. The maximum absolute atomic E-state index is 11.9. The van der Waals surface area contributed by atoms with Crippen molar-refractivity contribution in [3.8, 4) is 11.3 Å². The number of nitrogens with one attached hydrogen (secondary N) is 1. The van der Waals surface area contributed by atoms with E-state index in [0.717, 1.165) is 10.1 Å². The SMILES string of the molecule is O=C(O)c1cc2[nH]c(-c3ccccc3)cc(=O)n2n1. The molecule has 0 saturated carbocycles. The molecule has 3 rings (SSSR count). The summed E-state index contributed by atoms with van der Waals surface area (Å²) in [6.07, 6.45) is 0. The third kappa shape index (κ3) is 1.89. The van der Waals surface area contributed by atoms with E-state index in [-0.39, 0.29) is 11.3 Å². The van der Waals surface area contributed by atoms with Crippen molar-refractivity contribution in [1.82, 2.24) is 14.6 Å². The fraction of sp³-hybridized carbons (Fsp3) is 0. The van der Waals surface area contributed by atoms with Crippen LogP contribution >= 0.6 is 0 Å². The molecule has 94 valence electrons. The third-order valence-corrected chi connectivity index (χ3v) is 2.75. The summed E-state index contributed by atoms with van der Waals surface area (Å²) in [5, 5.41) is 12.6. The fourth-order valence-corrected chi connectivity index (χ4v) is 1.87. The van der Waals surface area contributed by atoms with E-state index in [4.69, 9.17) is 5.11 Å². The van der Waals surface area contributed by atoms with Crippen LogP contribution in [0.1, 0.15) is 10.5 Å². The second-order valence-corrected chi connectivity index (χ2v) is 4.02. The summed E-state index contributed by atoms with van der Waals surface area (Å²) >= 11 is 0. The molecule has 0 spiro atoms. The van der Waals surface area contributed by atoms with E-state index in [1.54, 1.807) is 0 Å². The third-order valence-electron chi connectivity index (χ3n) is 2.75. The van der Waals surface area contributed by atoms with Crippen LogP contribution in [0.4, 0.5) is 0 Å². The number of aromatic carboxylic acids is 1. The van der Waals surface area contributed by atoms with E-state index in [0.29, 0.717) is 11.3 Å². The summed E-state index contributed by atoms with van der Waals surface area (Å²) in [4.78, 5) is 25.7. The van der Waals surface area contributed by atoms with E-state index >= 15 is 0 Å². The molecule has 0 fully saturated rings. The van der Waals surface area contributed by atoms with Gasteiger partial charge in [0.2, 0.25) is 0 Å². The molecule has 2 heterocycles. The van der Waals surface area contributed by atoms with Crippen molar-refractivity contribution < 1.29 is 9.90 Å². The van der Waals surface area contributed by atoms with Crippen LogP contribution in [0, 0.1) is 0 Å². The maximum Gasteiger partial charge on any atom is 0.356 e. The van der Waals surface area contributed by atoms with Crippen molar-refractivity contribution in [2.45, 2.75) is 0 Å². The van der Waals surface area contributed by atoms with Gasteiger partial charge in [-0.05, 0) is 5.56 Å². The number of H-pyrrole nitrogens is 1. The van der Waals surface area contributed by atoms with Crippen molar-refractivity contribution in [3.05, 3.63) is 58.5 Å². The minimum absolute atomic E-state index is 0.168. The Morgan fingerprint density at radius 2 is 1.95 bits per heavy atom. The Morgan fingerprint density at radius 3 is 2.63 bits per heavy atom. The molecule has 6 nitrogen and oxygen atoms in total. The van der Waals surface area contributed by atoms with E-state index in [9.17, 15) is 9.59 Å². The summed E-state index contributed by atoms with van der Waals surface area (Å²) in [5.41, 5.74) is 1.28. The van der Waals surface area contributed by atoms with E-state index < -0.39 is 5.97 Å². The summed E-state index contributed by atoms with van der Waals surface area (Å²) in [5.74, 6) is -1.17. The molecule has 6 heteroatoms. The zero-order valence-electron chi connectivity index (χ0n) is 9.70. The lowest BCUT2D eigenvalue weighted by molar-refractivity contribution is 0.0690. The average molecular weight is 255 g/mol. The summed E-state index contributed by atoms with van der Waals surface area (Å²) in [7, 11) is 0. The fourth-order valence-electron chi connectivity index (χ4n) is 1.87. The number of carboxylic acid groups (broad SMARTS) is 1. The highest BCUT2D eigenvalue weighted by Crippen LogP contribution is 2.15. The van der Waals surface area contributed by atoms with Gasteiger partial charge in [0.15, 0.2) is 5.69 Å². The molecule has 0 aliphatic heterocycles. The second-order valence-electron chi connectivity index (χ2n) is 4.02. The molecular weight excluding hydrogens is 246 g/mol. The largest absolute Gasteiger partial charge is 0.476 e. The van der Waals surface area contributed by atoms with Crippen LogP contribution in [0.3, 0.4) is 0 Å². The van der Waals surface area contributed by atoms with E-state index in [1.165, 1.54) is 12.1 Å². The van der Waals surface area contributed by atoms with Gasteiger partial charge in [-0.1, -0.05) is 30.3 Å². The number of fused-ring (bicyclic) bond motifs is 1. The molecule has 0 saturated heterocycles. The van der Waals surface area contributed by atoms with Gasteiger partial charge in [0.25, 0.3) is 5.56 Å². The number of hydrogen-bond acceptors (Lipinski definition) is 3. The predicted octanol–water partition coefficient (Wildman–Crippen LogP) is 1.39. The number of carbonyl (C=O) groups is 1. The number of benzene rings is 1. The van der Waals surface area contributed by atoms with Crippen LogP contribution in [0.15, 0.2) is 47.3 Å². The lowest BCUT2D eigenvalue weighted by Crippen LogP contribution is -2.14. The van der Waals surface area contributed by atoms with Crippen molar-refractivity contribution in [2.75, 3.05) is 0 Å². The minimum atomic E-state index is -1.17. The number of hydrogen-bond donors (Lipinski definition) is 2. The average Bonchev–Trinajstić information content (AvgIpc) is 2.84. The molecule has 0 aliphatic rings. The van der Waals surface area contributed by atoms with Crippen molar-refractivity contribution in [2.24, 2.45) is 0 Å². The Hall–Kier alpha value is -2.89. The van der Waals surface area contributed by atoms with Crippen LogP contribution in [0.5, 0.6) is 0 Å². The zero-order chi connectivity index (χ0) is 13.4. The molecule has 2 aromatic heterocycles. The highest BCUT2D eigenvalue weighted by atomic mass is 16.4. The normalized spacial score (nSPS) is 10.7. The molecule has 0 radical (unpaired) electrons. The number of carboxylic acids is 1. The van der Waals surface area contributed by atoms with Crippen LogP contribution in [0.25, 0.3) is 16.9 Å². The van der Waals surface area contributed by atoms with Gasteiger partial charge >= 0.3 is 5.97 Å². The van der Waals surface area contributed by atoms with E-state index in [2.05, 4.69) is 10.1 Å². The first kappa shape index (κ1) is 11.2. The summed E-state index contributed by atoms with van der Waals surface area (Å²) in [6, 6.07) is 12.0. The van der Waals surface area contributed by atoms with E-state index in [1.807, 2.05) is 30.3 Å². The van der Waals surface area contributed by atoms with Gasteiger partial charge in [0.1, 0.15) is 5.65 Å². The topological polar surface area (TPSA) is 87.5 Å². The molecule has 0 amide bonds. The lowest BCUT2D eigenvalue weighted by atomic mass is 10.1. The molecule has 0 aliphatic carbocycles. The van der Waals surface area contributed by atoms with Gasteiger partial charge in [-0.3, -0.25) is 4.79 Å². The Bertz CT molecular complexity index is 818. The highest BCUT2D eigenvalue weighted by Gasteiger charge is 2.11. The van der Waals surface area contributed by atoms with Crippen molar-refractivity contribution in [1.29, 1.82) is 0 Å². The van der Waals surface area contributed by atoms with Crippen molar-refractivity contribution in [3.63, 3.8) is 0 Å². The van der Waals surface area contributed by atoms with Crippen LogP contribution in [0.2, 0.25) is 0 Å². The van der Waals surface area contributed by atoms with Gasteiger partial charge in [0, 0.05) is 12.1 Å². The number of nitrogens with zero attached hydrogens (tertiary/aromatic N) is 2. The molecule has 19 heavy (non-hydrogen) atoms. The van der Waals surface area contributed by atoms with Gasteiger partial charge in [0.05, 0.1) is 5.69 Å². The standard InChI is InChI=1S/C13H9N3O3/c17-12-7-9(8-4-2-1-3-5-8)14-11-6-10(13(18)19)15-16(11)12/h1-7,14H,(H,18,19). The summed E-state index contributed by atoms with van der Waals surface area (Å²) < 4.78 is 1.04. The zero-order valence-corrected chi connectivity index (χ0v) is 9.70. The quantitative estimate of drug-likeness (QED) is 0.724. The van der Waals surface area contributed by atoms with Gasteiger partial charge in [-0.2, -0.15) is 9.61 Å². The summed E-state index contributed by atoms with van der Waals surface area (Å²) in [6.45, 7) is 0. The second kappa shape index (κ2) is 4.09. The minimum Gasteiger partial charge on any atom is -0.476 e. The maximum atomic E-state index is 11.9. The van der Waals surface area contributed by atoms with Crippen molar-refractivity contribution >= 4 is 11.6 Å². The van der Waals surface area contributed by atoms with Crippen LogP contribution in [-0.2, 0) is 0 Å². The van der Waals surface area contributed by atoms with Gasteiger partial charge in [-0.25, -0.2) is 4.79 Å². The molecule has 3 aromatic rings. The molecule has 1 aromatic carbocycles. The Morgan fingerprint density at radius 1 is 1.21 bits per heavy atom. The molecule has 2 N–H and O–H groups in total. The Balaban J connectivity index is 2.25. The first-order valence-electron chi connectivity index (χ1n) is 5.57. The Labute approximate surface area is 106 Å². The molecule has 0 bridgehead atoms. The lowest BCUT2D eigenvalue weighted by Gasteiger charge is -2.01. The van der Waals surface area contributed by atoms with Gasteiger partial charge in [-0.15, -0.1) is 0 Å².